The summed E-state index contributed by atoms with van der Waals surface area (Å²) < 4.78 is 1.18. The molecule has 20 heavy (non-hydrogen) atoms. The van der Waals surface area contributed by atoms with Crippen molar-refractivity contribution in [3.8, 4) is 0 Å². The molecule has 1 N–H and O–H groups in total. The van der Waals surface area contributed by atoms with Gasteiger partial charge >= 0.3 is 0 Å². The summed E-state index contributed by atoms with van der Waals surface area (Å²) in [7, 11) is 0. The highest BCUT2D eigenvalue weighted by molar-refractivity contribution is 9.10. The first-order chi connectivity index (χ1) is 9.63. The van der Waals surface area contributed by atoms with Gasteiger partial charge in [0.1, 0.15) is 0 Å². The second-order valence-electron chi connectivity index (χ2n) is 5.10. The molecule has 0 amide bonds. The van der Waals surface area contributed by atoms with Crippen LogP contribution in [0.2, 0.25) is 0 Å². The van der Waals surface area contributed by atoms with E-state index in [1.165, 1.54) is 21.2 Å². The first-order valence-electron chi connectivity index (χ1n) is 7.04. The second-order valence-corrected chi connectivity index (χ2v) is 5.89. The Morgan fingerprint density at radius 2 is 2.00 bits per heavy atom. The average Bonchev–Trinajstić information content (AvgIpc) is 2.45. The van der Waals surface area contributed by atoms with E-state index in [-0.39, 0.29) is 6.04 Å². The number of nitrogens with one attached hydrogen (secondary N) is 1. The number of aryl methyl sites for hydroxylation is 2. The molecule has 2 rings (SSSR count). The molecule has 0 radical (unpaired) electrons. The van der Waals surface area contributed by atoms with Gasteiger partial charge in [0.25, 0.3) is 0 Å². The Kier molecular flexibility index (Phi) is 5.32. The number of nitrogens with zero attached hydrogens (tertiary/aromatic N) is 1. The fraction of sp³-hybridized carbons (Fsp3) is 0.353. The summed E-state index contributed by atoms with van der Waals surface area (Å²) in [5, 5.41) is 3.62. The number of hydrogen-bond acceptors (Lipinski definition) is 2. The van der Waals surface area contributed by atoms with Crippen molar-refractivity contribution in [3.63, 3.8) is 0 Å². The Morgan fingerprint density at radius 1 is 1.20 bits per heavy atom. The van der Waals surface area contributed by atoms with Gasteiger partial charge in [-0.15, -0.1) is 0 Å². The lowest BCUT2D eigenvalue weighted by molar-refractivity contribution is 0.594. The smallest absolute Gasteiger partial charge is 0.0603 e. The van der Waals surface area contributed by atoms with Gasteiger partial charge in [-0.3, -0.25) is 4.98 Å². The SMILES string of the molecule is CCCNC(c1ccc(C)nc1)c1cccc(C)c1Br. The Hall–Kier alpha value is -1.19. The highest BCUT2D eigenvalue weighted by Crippen LogP contribution is 2.30. The zero-order valence-corrected chi connectivity index (χ0v) is 13.9. The van der Waals surface area contributed by atoms with E-state index in [1.807, 2.05) is 13.1 Å². The van der Waals surface area contributed by atoms with Gasteiger partial charge in [-0.25, -0.2) is 0 Å². The van der Waals surface area contributed by atoms with E-state index < -0.39 is 0 Å². The molecule has 2 aromatic rings. The fourth-order valence-electron chi connectivity index (χ4n) is 2.24. The largest absolute Gasteiger partial charge is 0.306 e. The van der Waals surface area contributed by atoms with Crippen LogP contribution >= 0.6 is 15.9 Å². The third kappa shape index (κ3) is 3.47. The minimum atomic E-state index is 0.178. The van der Waals surface area contributed by atoms with Crippen molar-refractivity contribution in [2.75, 3.05) is 6.54 Å². The van der Waals surface area contributed by atoms with Gasteiger partial charge in [-0.05, 0) is 49.6 Å². The van der Waals surface area contributed by atoms with Crippen LogP contribution in [0, 0.1) is 13.8 Å². The molecule has 0 fully saturated rings. The van der Waals surface area contributed by atoms with E-state index >= 15 is 0 Å². The number of benzene rings is 1. The van der Waals surface area contributed by atoms with Gasteiger partial charge in [-0.1, -0.05) is 47.1 Å². The molecule has 0 saturated carbocycles. The Morgan fingerprint density at radius 3 is 2.65 bits per heavy atom. The maximum absolute atomic E-state index is 4.43. The van der Waals surface area contributed by atoms with Crippen LogP contribution in [0.5, 0.6) is 0 Å². The molecule has 1 heterocycles. The maximum atomic E-state index is 4.43. The van der Waals surface area contributed by atoms with Gasteiger partial charge in [0.05, 0.1) is 6.04 Å². The van der Waals surface area contributed by atoms with Crippen LogP contribution in [-0.4, -0.2) is 11.5 Å². The summed E-state index contributed by atoms with van der Waals surface area (Å²) >= 11 is 3.72. The lowest BCUT2D eigenvalue weighted by atomic mass is 9.98. The summed E-state index contributed by atoms with van der Waals surface area (Å²) in [6, 6.07) is 10.8. The predicted octanol–water partition coefficient (Wildman–Crippen LogP) is 4.55. The van der Waals surface area contributed by atoms with E-state index in [0.29, 0.717) is 0 Å². The van der Waals surface area contributed by atoms with E-state index in [9.17, 15) is 0 Å². The zero-order chi connectivity index (χ0) is 14.5. The summed E-state index contributed by atoms with van der Waals surface area (Å²) in [4.78, 5) is 4.43. The van der Waals surface area contributed by atoms with Crippen LogP contribution in [0.4, 0.5) is 0 Å². The van der Waals surface area contributed by atoms with E-state index in [4.69, 9.17) is 0 Å². The Balaban J connectivity index is 2.41. The number of hydrogen-bond donors (Lipinski definition) is 1. The van der Waals surface area contributed by atoms with Crippen LogP contribution in [0.15, 0.2) is 41.0 Å². The van der Waals surface area contributed by atoms with Gasteiger partial charge in [-0.2, -0.15) is 0 Å². The molecular weight excluding hydrogens is 312 g/mol. The molecular formula is C17H21BrN2. The highest BCUT2D eigenvalue weighted by Gasteiger charge is 2.17. The van der Waals surface area contributed by atoms with Crippen molar-refractivity contribution >= 4 is 15.9 Å². The summed E-state index contributed by atoms with van der Waals surface area (Å²) in [5.41, 5.74) is 4.77. The summed E-state index contributed by atoms with van der Waals surface area (Å²) in [6.45, 7) is 7.31. The fourth-order valence-corrected chi connectivity index (χ4v) is 2.73. The Labute approximate surface area is 129 Å². The molecule has 1 aromatic carbocycles. The first kappa shape index (κ1) is 15.2. The predicted molar refractivity (Wildman–Crippen MR) is 88.0 cm³/mol. The topological polar surface area (TPSA) is 24.9 Å². The molecule has 2 nitrogen and oxygen atoms in total. The normalized spacial score (nSPS) is 12.4. The molecule has 0 bridgehead atoms. The van der Waals surface area contributed by atoms with Crippen LogP contribution in [-0.2, 0) is 0 Å². The summed E-state index contributed by atoms with van der Waals surface area (Å²) in [6.07, 6.45) is 3.08. The summed E-state index contributed by atoms with van der Waals surface area (Å²) in [5.74, 6) is 0. The third-order valence-corrected chi connectivity index (χ3v) is 4.48. The molecule has 0 aliphatic heterocycles. The van der Waals surface area contributed by atoms with E-state index in [0.717, 1.165) is 18.7 Å². The van der Waals surface area contributed by atoms with Gasteiger partial charge in [0, 0.05) is 16.4 Å². The number of aromatic nitrogens is 1. The lowest BCUT2D eigenvalue weighted by Gasteiger charge is -2.21. The molecule has 1 atom stereocenters. The third-order valence-electron chi connectivity index (χ3n) is 3.40. The molecule has 106 valence electrons. The Bertz CT molecular complexity index is 564. The number of rotatable bonds is 5. The first-order valence-corrected chi connectivity index (χ1v) is 7.83. The van der Waals surface area contributed by atoms with Crippen LogP contribution in [0.1, 0.15) is 41.8 Å². The molecule has 3 heteroatoms. The van der Waals surface area contributed by atoms with Crippen molar-refractivity contribution in [1.29, 1.82) is 0 Å². The highest BCUT2D eigenvalue weighted by atomic mass is 79.9. The number of pyridine rings is 1. The standard InChI is InChI=1S/C17H21BrN2/c1-4-10-19-17(14-9-8-13(3)20-11-14)15-7-5-6-12(2)16(15)18/h5-9,11,17,19H,4,10H2,1-3H3. The monoisotopic (exact) mass is 332 g/mol. The van der Waals surface area contributed by atoms with Crippen LogP contribution < -0.4 is 5.32 Å². The molecule has 0 saturated heterocycles. The molecule has 0 aliphatic carbocycles. The van der Waals surface area contributed by atoms with Crippen molar-refractivity contribution in [2.45, 2.75) is 33.2 Å². The van der Waals surface area contributed by atoms with Gasteiger partial charge in [0.15, 0.2) is 0 Å². The van der Waals surface area contributed by atoms with Crippen molar-refractivity contribution in [2.24, 2.45) is 0 Å². The minimum absolute atomic E-state index is 0.178. The molecule has 0 spiro atoms. The van der Waals surface area contributed by atoms with Gasteiger partial charge in [0.2, 0.25) is 0 Å². The van der Waals surface area contributed by atoms with E-state index in [2.05, 4.69) is 70.4 Å². The number of halogens is 1. The van der Waals surface area contributed by atoms with E-state index in [1.54, 1.807) is 0 Å². The van der Waals surface area contributed by atoms with Crippen molar-refractivity contribution in [3.05, 3.63) is 63.4 Å². The molecule has 0 aliphatic rings. The van der Waals surface area contributed by atoms with Crippen LogP contribution in [0.3, 0.4) is 0 Å². The quantitative estimate of drug-likeness (QED) is 0.868. The minimum Gasteiger partial charge on any atom is -0.306 e. The second kappa shape index (κ2) is 7.00. The van der Waals surface area contributed by atoms with Crippen LogP contribution in [0.25, 0.3) is 0 Å². The molecule has 1 unspecified atom stereocenters. The zero-order valence-electron chi connectivity index (χ0n) is 12.3. The van der Waals surface area contributed by atoms with Gasteiger partial charge < -0.3 is 5.32 Å². The maximum Gasteiger partial charge on any atom is 0.0603 e. The van der Waals surface area contributed by atoms with Crippen molar-refractivity contribution < 1.29 is 0 Å². The lowest BCUT2D eigenvalue weighted by Crippen LogP contribution is -2.23. The molecule has 1 aromatic heterocycles. The van der Waals surface area contributed by atoms with Crippen molar-refractivity contribution in [1.82, 2.24) is 10.3 Å². The average molecular weight is 333 g/mol.